The van der Waals surface area contributed by atoms with Crippen LogP contribution in [0.25, 0.3) is 0 Å². The lowest BCUT2D eigenvalue weighted by molar-refractivity contribution is -0.870. The maximum absolute atomic E-state index is 12.9. The van der Waals surface area contributed by atoms with Crippen molar-refractivity contribution in [3.63, 3.8) is 0 Å². The van der Waals surface area contributed by atoms with Gasteiger partial charge >= 0.3 is 11.9 Å². The number of hydrogen-bond donors (Lipinski definition) is 0. The number of carbonyl (C=O) groups excluding carboxylic acids is 2. The Morgan fingerprint density at radius 2 is 0.679 bits per heavy atom. The van der Waals surface area contributed by atoms with Crippen LogP contribution in [0.4, 0.5) is 0 Å². The Morgan fingerprint density at radius 3 is 1.01 bits per heavy atom. The lowest BCUT2D eigenvalue weighted by atomic mass is 10.0. The van der Waals surface area contributed by atoms with Gasteiger partial charge in [0.1, 0.15) is 19.8 Å². The molecule has 0 aliphatic rings. The number of carbonyl (C=O) groups is 2. The topological polar surface area (TPSA) is 111 Å². The second kappa shape index (κ2) is 64.9. The first-order chi connectivity index (χ1) is 41.0. The van der Waals surface area contributed by atoms with E-state index in [1.807, 2.05) is 21.1 Å². The number of rotatable bonds is 66. The molecule has 0 aromatic carbocycles. The van der Waals surface area contributed by atoms with Crippen molar-refractivity contribution < 1.29 is 42.1 Å². The Balaban J connectivity index is 4.00. The number of hydrogen-bond acceptors (Lipinski definition) is 8. The van der Waals surface area contributed by atoms with Gasteiger partial charge in [0.2, 0.25) is 0 Å². The molecule has 0 heterocycles. The van der Waals surface area contributed by atoms with Crippen LogP contribution in [-0.4, -0.2) is 70.0 Å². The molecule has 0 saturated carbocycles. The van der Waals surface area contributed by atoms with Crippen molar-refractivity contribution in [1.29, 1.82) is 0 Å². The highest BCUT2D eigenvalue weighted by molar-refractivity contribution is 7.45. The summed E-state index contributed by atoms with van der Waals surface area (Å²) in [5.74, 6) is -0.818. The van der Waals surface area contributed by atoms with Gasteiger partial charge in [0.25, 0.3) is 7.82 Å². The number of nitrogens with zero attached hydrogens (tertiary/aromatic N) is 1. The molecule has 0 aliphatic heterocycles. The molecule has 9 nitrogen and oxygen atoms in total. The lowest BCUT2D eigenvalue weighted by Crippen LogP contribution is -2.37. The molecule has 0 radical (unpaired) electrons. The van der Waals surface area contributed by atoms with Gasteiger partial charge in [-0.05, 0) is 83.5 Å². The van der Waals surface area contributed by atoms with E-state index in [1.54, 1.807) is 0 Å². The third-order valence-electron chi connectivity index (χ3n) is 15.7. The first-order valence-corrected chi connectivity index (χ1v) is 37.1. The van der Waals surface area contributed by atoms with Crippen molar-refractivity contribution in [2.45, 2.75) is 341 Å². The first kappa shape index (κ1) is 81.5. The fourth-order valence-corrected chi connectivity index (χ4v) is 11.0. The highest BCUT2D eigenvalue weighted by Crippen LogP contribution is 2.38. The molecule has 2 unspecified atom stereocenters. The molecule has 0 rings (SSSR count). The SMILES string of the molecule is CC/C=C\C/C=C\C/C=C\C/C=C\CCCCCCCCCCCCCCCCCCC(=O)OC(COC(=O)CCCCCCCCCCCCCCCCCCCCC/C=C\C/C=C\CCCCCCC)COP(=O)([O-])OCC[N+](C)(C)C. The maximum atomic E-state index is 12.9. The summed E-state index contributed by atoms with van der Waals surface area (Å²) in [4.78, 5) is 38.1. The second-order valence-corrected chi connectivity index (χ2v) is 26.6. The van der Waals surface area contributed by atoms with Crippen LogP contribution < -0.4 is 4.89 Å². The molecule has 0 aromatic rings. The molecule has 2 atom stereocenters. The van der Waals surface area contributed by atoms with Gasteiger partial charge in [-0.3, -0.25) is 14.2 Å². The Labute approximate surface area is 520 Å². The standard InChI is InChI=1S/C74H136NO8P/c1-6-8-10-12-14-16-18-20-22-24-26-28-30-32-34-36-37-39-40-42-44-46-48-50-52-54-56-58-60-62-64-66-73(76)80-70-72(71-82-84(78,79)81-69-68-75(3,4)5)83-74(77)67-65-63-61-59-57-55-53-51-49-47-45-43-41-38-35-33-31-29-27-25-23-21-19-17-15-13-11-9-7-2/h9,11,15,17-18,20-21,23-24,26-27,29,72H,6-8,10,12-14,16,19,22,25,28,30-71H2,1-5H3/b11-9-,17-15-,20-18-,23-21-,26-24-,29-27-. The van der Waals surface area contributed by atoms with Gasteiger partial charge in [-0.15, -0.1) is 0 Å². The van der Waals surface area contributed by atoms with E-state index in [-0.39, 0.29) is 32.0 Å². The fraction of sp³-hybridized carbons (Fsp3) is 0.811. The molecule has 0 saturated heterocycles. The quantitative estimate of drug-likeness (QED) is 0.0195. The van der Waals surface area contributed by atoms with Crippen molar-refractivity contribution in [3.05, 3.63) is 72.9 Å². The van der Waals surface area contributed by atoms with E-state index in [0.29, 0.717) is 17.4 Å². The summed E-state index contributed by atoms with van der Waals surface area (Å²) >= 11 is 0. The zero-order valence-electron chi connectivity index (χ0n) is 55.8. The molecule has 0 bridgehead atoms. The van der Waals surface area contributed by atoms with Crippen LogP contribution in [0.3, 0.4) is 0 Å². The molecule has 0 fully saturated rings. The molecule has 490 valence electrons. The van der Waals surface area contributed by atoms with Crippen LogP contribution >= 0.6 is 7.82 Å². The van der Waals surface area contributed by atoms with Crippen molar-refractivity contribution in [1.82, 2.24) is 0 Å². The molecular weight excluding hydrogens is 1060 g/mol. The predicted molar refractivity (Wildman–Crippen MR) is 360 cm³/mol. The minimum absolute atomic E-state index is 0.0306. The highest BCUT2D eigenvalue weighted by Gasteiger charge is 2.22. The van der Waals surface area contributed by atoms with E-state index in [1.165, 1.54) is 231 Å². The van der Waals surface area contributed by atoms with Gasteiger partial charge in [-0.2, -0.15) is 0 Å². The van der Waals surface area contributed by atoms with Gasteiger partial charge < -0.3 is 27.9 Å². The highest BCUT2D eigenvalue weighted by atomic mass is 31.2. The van der Waals surface area contributed by atoms with Gasteiger partial charge in [0.05, 0.1) is 27.7 Å². The Kier molecular flexibility index (Phi) is 62.9. The summed E-state index contributed by atoms with van der Waals surface area (Å²) in [5.41, 5.74) is 0. The molecule has 0 N–H and O–H groups in total. The third-order valence-corrected chi connectivity index (χ3v) is 16.7. The minimum Gasteiger partial charge on any atom is -0.756 e. The number of esters is 2. The van der Waals surface area contributed by atoms with Crippen LogP contribution in [-0.2, 0) is 32.7 Å². The fourth-order valence-electron chi connectivity index (χ4n) is 10.3. The lowest BCUT2D eigenvalue weighted by Gasteiger charge is -2.28. The predicted octanol–water partition coefficient (Wildman–Crippen LogP) is 22.5. The van der Waals surface area contributed by atoms with Gasteiger partial charge in [-0.1, -0.05) is 311 Å². The minimum atomic E-state index is -4.64. The van der Waals surface area contributed by atoms with E-state index >= 15 is 0 Å². The van der Waals surface area contributed by atoms with E-state index in [0.717, 1.165) is 70.6 Å². The molecule has 0 aliphatic carbocycles. The zero-order chi connectivity index (χ0) is 61.2. The summed E-state index contributed by atoms with van der Waals surface area (Å²) in [7, 11) is 1.18. The summed E-state index contributed by atoms with van der Waals surface area (Å²) in [6, 6.07) is 0. The summed E-state index contributed by atoms with van der Waals surface area (Å²) in [6.45, 7) is 4.17. The Hall–Kier alpha value is -2.55. The van der Waals surface area contributed by atoms with E-state index in [9.17, 15) is 19.0 Å². The van der Waals surface area contributed by atoms with Crippen molar-refractivity contribution in [3.8, 4) is 0 Å². The summed E-state index contributed by atoms with van der Waals surface area (Å²) in [6.07, 6.45) is 87.0. The average Bonchev–Trinajstić information content (AvgIpc) is 3.61. The maximum Gasteiger partial charge on any atom is 0.306 e. The van der Waals surface area contributed by atoms with E-state index < -0.39 is 26.5 Å². The average molecular weight is 1200 g/mol. The number of phosphoric acid groups is 1. The van der Waals surface area contributed by atoms with Gasteiger partial charge in [0, 0.05) is 12.8 Å². The number of likely N-dealkylation sites (N-methyl/N-ethyl adjacent to an activating group) is 1. The van der Waals surface area contributed by atoms with E-state index in [4.69, 9.17) is 18.5 Å². The third kappa shape index (κ3) is 68.6. The zero-order valence-corrected chi connectivity index (χ0v) is 56.7. The van der Waals surface area contributed by atoms with Gasteiger partial charge in [0.15, 0.2) is 6.10 Å². The summed E-state index contributed by atoms with van der Waals surface area (Å²) < 4.78 is 34.3. The summed E-state index contributed by atoms with van der Waals surface area (Å²) in [5, 5.41) is 0. The monoisotopic (exact) mass is 1200 g/mol. The van der Waals surface area contributed by atoms with Crippen molar-refractivity contribution >= 4 is 19.8 Å². The molecule has 0 amide bonds. The number of allylic oxidation sites excluding steroid dienone is 12. The molecular formula is C74H136NO8P. The smallest absolute Gasteiger partial charge is 0.306 e. The van der Waals surface area contributed by atoms with Crippen LogP contribution in [0.2, 0.25) is 0 Å². The van der Waals surface area contributed by atoms with E-state index in [2.05, 4.69) is 86.8 Å². The molecule has 0 aromatic heterocycles. The van der Waals surface area contributed by atoms with Crippen molar-refractivity contribution in [2.75, 3.05) is 47.5 Å². The van der Waals surface area contributed by atoms with Gasteiger partial charge in [-0.25, -0.2) is 0 Å². The second-order valence-electron chi connectivity index (χ2n) is 25.2. The van der Waals surface area contributed by atoms with Crippen molar-refractivity contribution in [2.24, 2.45) is 0 Å². The van der Waals surface area contributed by atoms with Crippen LogP contribution in [0, 0.1) is 0 Å². The number of ether oxygens (including phenoxy) is 2. The first-order valence-electron chi connectivity index (χ1n) is 35.6. The largest absolute Gasteiger partial charge is 0.756 e. The number of phosphoric ester groups is 1. The van der Waals surface area contributed by atoms with Crippen LogP contribution in [0.5, 0.6) is 0 Å². The number of quaternary nitrogens is 1. The Morgan fingerprint density at radius 1 is 0.381 bits per heavy atom. The molecule has 0 spiro atoms. The van der Waals surface area contributed by atoms with Crippen LogP contribution in [0.15, 0.2) is 72.9 Å². The Bertz CT molecular complexity index is 1650. The number of unbranched alkanes of at least 4 members (excludes halogenated alkanes) is 40. The normalized spacial score (nSPS) is 13.5. The molecule has 84 heavy (non-hydrogen) atoms. The van der Waals surface area contributed by atoms with Crippen LogP contribution in [0.1, 0.15) is 335 Å². The molecule has 10 heteroatoms.